The first-order valence-electron chi connectivity index (χ1n) is 8.45. The minimum absolute atomic E-state index is 0.0992. The monoisotopic (exact) mass is 331 g/mol. The summed E-state index contributed by atoms with van der Waals surface area (Å²) in [5, 5.41) is 1.21. The summed E-state index contributed by atoms with van der Waals surface area (Å²) in [7, 11) is 0. The van der Waals surface area contributed by atoms with Crippen LogP contribution < -0.4 is 5.73 Å². The first kappa shape index (κ1) is 16.4. The van der Waals surface area contributed by atoms with Crippen LogP contribution in [0.1, 0.15) is 50.5 Å². The molecule has 1 aliphatic rings. The van der Waals surface area contributed by atoms with Crippen molar-refractivity contribution < 1.29 is 4.79 Å². The van der Waals surface area contributed by atoms with Gasteiger partial charge in [-0.15, -0.1) is 11.3 Å². The van der Waals surface area contributed by atoms with Crippen LogP contribution in [0, 0.1) is 0 Å². The van der Waals surface area contributed by atoms with Crippen molar-refractivity contribution >= 4 is 27.5 Å². The fourth-order valence-electron chi connectivity index (χ4n) is 3.38. The number of hydrogen-bond acceptors (Lipinski definition) is 4. The highest BCUT2D eigenvalue weighted by Gasteiger charge is 2.34. The number of nitrogens with two attached hydrogens (primary N) is 1. The number of likely N-dealkylation sites (tertiary alicyclic amines) is 1. The smallest absolute Gasteiger partial charge is 0.242 e. The Bertz CT molecular complexity index is 653. The van der Waals surface area contributed by atoms with E-state index in [1.54, 1.807) is 11.3 Å². The predicted molar refractivity (Wildman–Crippen MR) is 95.7 cm³/mol. The highest BCUT2D eigenvalue weighted by molar-refractivity contribution is 7.18. The van der Waals surface area contributed by atoms with E-state index in [2.05, 4.69) is 25.1 Å². The molecule has 1 fully saturated rings. The number of thiazole rings is 1. The van der Waals surface area contributed by atoms with Gasteiger partial charge in [0, 0.05) is 19.0 Å². The first-order valence-corrected chi connectivity index (χ1v) is 9.26. The van der Waals surface area contributed by atoms with E-state index in [0.29, 0.717) is 5.92 Å². The van der Waals surface area contributed by atoms with E-state index in [9.17, 15) is 4.79 Å². The third-order valence-electron chi connectivity index (χ3n) is 4.70. The molecule has 0 bridgehead atoms. The number of nitrogens with zero attached hydrogens (tertiary/aromatic N) is 2. The van der Waals surface area contributed by atoms with Gasteiger partial charge in [0.2, 0.25) is 5.91 Å². The fraction of sp³-hybridized carbons (Fsp3) is 0.556. The van der Waals surface area contributed by atoms with Gasteiger partial charge in [-0.2, -0.15) is 0 Å². The third-order valence-corrected chi connectivity index (χ3v) is 5.90. The van der Waals surface area contributed by atoms with Crippen molar-refractivity contribution in [1.82, 2.24) is 9.88 Å². The lowest BCUT2D eigenvalue weighted by Gasteiger charge is -2.36. The number of para-hydroxylation sites is 1. The standard InChI is InChI=1S/C18H25N3OS/c1-3-10-18(2,19)17(22)21-11-8-13(9-12-21)16-20-14-6-4-5-7-15(14)23-16/h4-7,13H,3,8-12,19H2,1-2H3. The Balaban J connectivity index is 1.65. The molecule has 0 radical (unpaired) electrons. The van der Waals surface area contributed by atoms with E-state index in [1.165, 1.54) is 9.71 Å². The van der Waals surface area contributed by atoms with Gasteiger partial charge in [0.05, 0.1) is 20.8 Å². The first-order chi connectivity index (χ1) is 11.0. The molecular formula is C18H25N3OS. The molecule has 1 saturated heterocycles. The molecule has 0 saturated carbocycles. The molecule has 0 spiro atoms. The van der Waals surface area contributed by atoms with Crippen molar-refractivity contribution in [2.45, 2.75) is 51.0 Å². The summed E-state index contributed by atoms with van der Waals surface area (Å²) in [6, 6.07) is 8.28. The maximum absolute atomic E-state index is 12.6. The van der Waals surface area contributed by atoms with E-state index in [0.717, 1.165) is 44.3 Å². The Morgan fingerprint density at radius 3 is 2.74 bits per heavy atom. The Hall–Kier alpha value is -1.46. The van der Waals surface area contributed by atoms with Crippen molar-refractivity contribution in [1.29, 1.82) is 0 Å². The summed E-state index contributed by atoms with van der Waals surface area (Å²) in [6.07, 6.45) is 3.63. The Morgan fingerprint density at radius 2 is 2.09 bits per heavy atom. The van der Waals surface area contributed by atoms with Gasteiger partial charge >= 0.3 is 0 Å². The molecule has 1 aliphatic heterocycles. The second-order valence-electron chi connectivity index (χ2n) is 6.75. The molecule has 1 aromatic carbocycles. The van der Waals surface area contributed by atoms with Crippen LogP contribution in [0.2, 0.25) is 0 Å². The molecule has 2 heterocycles. The Labute approximate surface area is 141 Å². The SMILES string of the molecule is CCCC(C)(N)C(=O)N1CCC(c2nc3ccccc3s2)CC1. The van der Waals surface area contributed by atoms with Gasteiger partial charge in [-0.25, -0.2) is 4.98 Å². The van der Waals surface area contributed by atoms with Crippen molar-refractivity contribution in [2.24, 2.45) is 5.73 Å². The number of piperidine rings is 1. The molecule has 1 aromatic heterocycles. The van der Waals surface area contributed by atoms with Crippen LogP contribution in [0.3, 0.4) is 0 Å². The summed E-state index contributed by atoms with van der Waals surface area (Å²) >= 11 is 1.79. The number of rotatable bonds is 4. The molecule has 5 heteroatoms. The minimum Gasteiger partial charge on any atom is -0.341 e. The number of carbonyl (C=O) groups is 1. The molecule has 1 amide bonds. The van der Waals surface area contributed by atoms with Crippen LogP contribution in [0.25, 0.3) is 10.2 Å². The van der Waals surface area contributed by atoms with Crippen LogP contribution in [-0.2, 0) is 4.79 Å². The summed E-state index contributed by atoms with van der Waals surface area (Å²) in [5.41, 5.74) is 6.56. The predicted octanol–water partition coefficient (Wildman–Crippen LogP) is 3.52. The summed E-state index contributed by atoms with van der Waals surface area (Å²) in [4.78, 5) is 19.3. The number of amides is 1. The van der Waals surface area contributed by atoms with Crippen molar-refractivity contribution in [3.8, 4) is 0 Å². The van der Waals surface area contributed by atoms with Crippen LogP contribution in [0.4, 0.5) is 0 Å². The van der Waals surface area contributed by atoms with E-state index < -0.39 is 5.54 Å². The third kappa shape index (κ3) is 3.40. The topological polar surface area (TPSA) is 59.2 Å². The molecule has 23 heavy (non-hydrogen) atoms. The van der Waals surface area contributed by atoms with Gasteiger partial charge in [-0.05, 0) is 38.3 Å². The van der Waals surface area contributed by atoms with Gasteiger partial charge in [0.25, 0.3) is 0 Å². The van der Waals surface area contributed by atoms with Crippen LogP contribution in [0.5, 0.6) is 0 Å². The maximum Gasteiger partial charge on any atom is 0.242 e. The second-order valence-corrected chi connectivity index (χ2v) is 7.82. The molecule has 2 N–H and O–H groups in total. The van der Waals surface area contributed by atoms with Gasteiger partial charge in [-0.3, -0.25) is 4.79 Å². The zero-order valence-electron chi connectivity index (χ0n) is 13.9. The van der Waals surface area contributed by atoms with E-state index >= 15 is 0 Å². The minimum atomic E-state index is -0.725. The summed E-state index contributed by atoms with van der Waals surface area (Å²) in [6.45, 7) is 5.50. The van der Waals surface area contributed by atoms with Crippen LogP contribution in [-0.4, -0.2) is 34.4 Å². The number of carbonyl (C=O) groups excluding carboxylic acids is 1. The molecule has 124 valence electrons. The molecular weight excluding hydrogens is 306 g/mol. The quantitative estimate of drug-likeness (QED) is 0.932. The average Bonchev–Trinajstić information content (AvgIpc) is 2.98. The molecule has 0 aliphatic carbocycles. The molecule has 4 nitrogen and oxygen atoms in total. The Kier molecular flexibility index (Phi) is 4.69. The molecule has 1 unspecified atom stereocenters. The fourth-order valence-corrected chi connectivity index (χ4v) is 4.52. The van der Waals surface area contributed by atoms with Crippen molar-refractivity contribution in [3.05, 3.63) is 29.3 Å². The second kappa shape index (κ2) is 6.57. The lowest BCUT2D eigenvalue weighted by Crippen LogP contribution is -2.54. The molecule has 3 rings (SSSR count). The highest BCUT2D eigenvalue weighted by atomic mass is 32.1. The average molecular weight is 331 g/mol. The largest absolute Gasteiger partial charge is 0.341 e. The maximum atomic E-state index is 12.6. The van der Waals surface area contributed by atoms with Crippen LogP contribution >= 0.6 is 11.3 Å². The van der Waals surface area contributed by atoms with Gasteiger partial charge < -0.3 is 10.6 Å². The Morgan fingerprint density at radius 1 is 1.39 bits per heavy atom. The normalized spacial score (nSPS) is 19.0. The van der Waals surface area contributed by atoms with Gasteiger partial charge in [-0.1, -0.05) is 25.5 Å². The zero-order chi connectivity index (χ0) is 16.4. The van der Waals surface area contributed by atoms with Gasteiger partial charge in [0.15, 0.2) is 0 Å². The van der Waals surface area contributed by atoms with E-state index in [4.69, 9.17) is 10.7 Å². The van der Waals surface area contributed by atoms with Crippen molar-refractivity contribution in [3.63, 3.8) is 0 Å². The van der Waals surface area contributed by atoms with Crippen LogP contribution in [0.15, 0.2) is 24.3 Å². The number of fused-ring (bicyclic) bond motifs is 1. The lowest BCUT2D eigenvalue weighted by atomic mass is 9.92. The van der Waals surface area contributed by atoms with E-state index in [-0.39, 0.29) is 5.91 Å². The number of benzene rings is 1. The summed E-state index contributed by atoms with van der Waals surface area (Å²) < 4.78 is 1.25. The number of aromatic nitrogens is 1. The highest BCUT2D eigenvalue weighted by Crippen LogP contribution is 2.34. The van der Waals surface area contributed by atoms with Crippen molar-refractivity contribution in [2.75, 3.05) is 13.1 Å². The molecule has 1 atom stereocenters. The lowest BCUT2D eigenvalue weighted by molar-refractivity contribution is -0.137. The van der Waals surface area contributed by atoms with Gasteiger partial charge in [0.1, 0.15) is 0 Å². The van der Waals surface area contributed by atoms with E-state index in [1.807, 2.05) is 17.9 Å². The number of hydrogen-bond donors (Lipinski definition) is 1. The summed E-state index contributed by atoms with van der Waals surface area (Å²) in [5.74, 6) is 0.564. The zero-order valence-corrected chi connectivity index (χ0v) is 14.7. The molecule has 2 aromatic rings.